The van der Waals surface area contributed by atoms with E-state index in [1.54, 1.807) is 0 Å². The Kier molecular flexibility index (Phi) is 3.50. The average molecular weight is 200 g/mol. The minimum atomic E-state index is -0.522. The van der Waals surface area contributed by atoms with Crippen LogP contribution in [0.5, 0.6) is 0 Å². The summed E-state index contributed by atoms with van der Waals surface area (Å²) in [5, 5.41) is 0. The van der Waals surface area contributed by atoms with Crippen LogP contribution in [0.15, 0.2) is 0 Å². The lowest BCUT2D eigenvalue weighted by Crippen LogP contribution is -2.51. The van der Waals surface area contributed by atoms with Crippen LogP contribution in [0.25, 0.3) is 0 Å². The van der Waals surface area contributed by atoms with Crippen molar-refractivity contribution >= 4 is 5.91 Å². The van der Waals surface area contributed by atoms with Gasteiger partial charge in [0.15, 0.2) is 0 Å². The molecule has 0 aromatic rings. The van der Waals surface area contributed by atoms with Gasteiger partial charge in [-0.15, -0.1) is 0 Å². The molecule has 14 heavy (non-hydrogen) atoms. The van der Waals surface area contributed by atoms with E-state index >= 15 is 0 Å². The van der Waals surface area contributed by atoms with Crippen LogP contribution in [0.1, 0.15) is 20.8 Å². The summed E-state index contributed by atoms with van der Waals surface area (Å²) in [5.41, 5.74) is 5.37. The number of nitrogens with zero attached hydrogens (tertiary/aromatic N) is 1. The molecule has 0 aromatic heterocycles. The SMILES string of the molecule is CCN(CC)C(=O)C1(C)COCC1N. The molecule has 1 saturated heterocycles. The number of carbonyl (C=O) groups excluding carboxylic acids is 1. The smallest absolute Gasteiger partial charge is 0.232 e. The second kappa shape index (κ2) is 4.28. The number of rotatable bonds is 3. The number of hydrogen-bond donors (Lipinski definition) is 1. The molecule has 1 rings (SSSR count). The molecule has 4 nitrogen and oxygen atoms in total. The third kappa shape index (κ3) is 1.77. The Morgan fingerprint density at radius 2 is 2.14 bits per heavy atom. The van der Waals surface area contributed by atoms with E-state index in [0.717, 1.165) is 13.1 Å². The van der Waals surface area contributed by atoms with Crippen LogP contribution in [0, 0.1) is 5.41 Å². The van der Waals surface area contributed by atoms with E-state index in [9.17, 15) is 4.79 Å². The monoisotopic (exact) mass is 200 g/mol. The Bertz CT molecular complexity index is 216. The summed E-state index contributed by atoms with van der Waals surface area (Å²) < 4.78 is 5.26. The van der Waals surface area contributed by atoms with Gasteiger partial charge in [-0.3, -0.25) is 4.79 Å². The zero-order valence-electron chi connectivity index (χ0n) is 9.25. The van der Waals surface area contributed by atoms with Crippen molar-refractivity contribution in [1.29, 1.82) is 0 Å². The van der Waals surface area contributed by atoms with E-state index in [-0.39, 0.29) is 11.9 Å². The van der Waals surface area contributed by atoms with Gasteiger partial charge in [0.05, 0.1) is 18.6 Å². The molecule has 0 aromatic carbocycles. The van der Waals surface area contributed by atoms with Crippen molar-refractivity contribution in [1.82, 2.24) is 4.90 Å². The van der Waals surface area contributed by atoms with Gasteiger partial charge in [-0.25, -0.2) is 0 Å². The Morgan fingerprint density at radius 3 is 2.50 bits per heavy atom. The second-order valence-electron chi connectivity index (χ2n) is 4.02. The van der Waals surface area contributed by atoms with Gasteiger partial charge >= 0.3 is 0 Å². The highest BCUT2D eigenvalue weighted by atomic mass is 16.5. The third-order valence-electron chi connectivity index (χ3n) is 3.06. The van der Waals surface area contributed by atoms with Crippen molar-refractivity contribution in [2.24, 2.45) is 11.1 Å². The maximum absolute atomic E-state index is 12.1. The summed E-state index contributed by atoms with van der Waals surface area (Å²) in [7, 11) is 0. The molecule has 82 valence electrons. The third-order valence-corrected chi connectivity index (χ3v) is 3.06. The van der Waals surface area contributed by atoms with Crippen molar-refractivity contribution in [2.45, 2.75) is 26.8 Å². The molecule has 4 heteroatoms. The number of carbonyl (C=O) groups is 1. The molecule has 1 heterocycles. The molecule has 0 saturated carbocycles. The fourth-order valence-electron chi connectivity index (χ4n) is 1.78. The first-order chi connectivity index (χ1) is 6.56. The summed E-state index contributed by atoms with van der Waals surface area (Å²) in [6.45, 7) is 8.26. The highest BCUT2D eigenvalue weighted by Gasteiger charge is 2.45. The van der Waals surface area contributed by atoms with Crippen LogP contribution in [0.4, 0.5) is 0 Å². The summed E-state index contributed by atoms with van der Waals surface area (Å²) in [6, 6.07) is -0.171. The van der Waals surface area contributed by atoms with Gasteiger partial charge in [-0.1, -0.05) is 0 Å². The zero-order chi connectivity index (χ0) is 10.8. The van der Waals surface area contributed by atoms with Crippen LogP contribution < -0.4 is 5.73 Å². The lowest BCUT2D eigenvalue weighted by atomic mass is 9.84. The van der Waals surface area contributed by atoms with Gasteiger partial charge in [0.1, 0.15) is 0 Å². The number of ether oxygens (including phenoxy) is 1. The summed E-state index contributed by atoms with van der Waals surface area (Å²) in [6.07, 6.45) is 0. The molecule has 2 N–H and O–H groups in total. The van der Waals surface area contributed by atoms with E-state index < -0.39 is 5.41 Å². The number of hydrogen-bond acceptors (Lipinski definition) is 3. The molecular weight excluding hydrogens is 180 g/mol. The second-order valence-corrected chi connectivity index (χ2v) is 4.02. The van der Waals surface area contributed by atoms with Gasteiger partial charge in [-0.05, 0) is 20.8 Å². The summed E-state index contributed by atoms with van der Waals surface area (Å²) in [5.74, 6) is 0.118. The summed E-state index contributed by atoms with van der Waals surface area (Å²) >= 11 is 0. The molecule has 1 amide bonds. The van der Waals surface area contributed by atoms with Gasteiger partial charge in [-0.2, -0.15) is 0 Å². The Hall–Kier alpha value is -0.610. The van der Waals surface area contributed by atoms with Gasteiger partial charge < -0.3 is 15.4 Å². The lowest BCUT2D eigenvalue weighted by Gasteiger charge is -2.31. The molecular formula is C10H20N2O2. The molecule has 0 spiro atoms. The molecule has 0 bridgehead atoms. The molecule has 1 aliphatic rings. The normalized spacial score (nSPS) is 31.9. The van der Waals surface area contributed by atoms with Crippen molar-refractivity contribution in [3.8, 4) is 0 Å². The zero-order valence-corrected chi connectivity index (χ0v) is 9.25. The summed E-state index contributed by atoms with van der Waals surface area (Å²) in [4.78, 5) is 13.9. The van der Waals surface area contributed by atoms with Crippen LogP contribution >= 0.6 is 0 Å². The van der Waals surface area contributed by atoms with Crippen LogP contribution in [-0.4, -0.2) is 43.2 Å². The maximum atomic E-state index is 12.1. The highest BCUT2D eigenvalue weighted by molar-refractivity contribution is 5.83. The Morgan fingerprint density at radius 1 is 1.57 bits per heavy atom. The molecule has 1 aliphatic heterocycles. The number of nitrogens with two attached hydrogens (primary N) is 1. The predicted octanol–water partition coefficient (Wildman–Crippen LogP) is 0.219. The van der Waals surface area contributed by atoms with Crippen molar-refractivity contribution < 1.29 is 9.53 Å². The van der Waals surface area contributed by atoms with Crippen molar-refractivity contribution in [3.63, 3.8) is 0 Å². The Labute approximate surface area is 85.4 Å². The molecule has 2 atom stereocenters. The van der Waals surface area contributed by atoms with E-state index in [0.29, 0.717) is 13.2 Å². The minimum Gasteiger partial charge on any atom is -0.379 e. The Balaban J connectivity index is 2.76. The van der Waals surface area contributed by atoms with E-state index in [1.165, 1.54) is 0 Å². The standard InChI is InChI=1S/C10H20N2O2/c1-4-12(5-2)9(13)10(3)7-14-6-8(10)11/h8H,4-7,11H2,1-3H3. The molecule has 2 unspecified atom stereocenters. The quantitative estimate of drug-likeness (QED) is 0.709. The van der Waals surface area contributed by atoms with Crippen LogP contribution in [-0.2, 0) is 9.53 Å². The van der Waals surface area contributed by atoms with Crippen molar-refractivity contribution in [3.05, 3.63) is 0 Å². The first-order valence-electron chi connectivity index (χ1n) is 5.19. The first kappa shape index (κ1) is 11.5. The van der Waals surface area contributed by atoms with E-state index in [1.807, 2.05) is 25.7 Å². The number of amides is 1. The van der Waals surface area contributed by atoms with Crippen molar-refractivity contribution in [2.75, 3.05) is 26.3 Å². The van der Waals surface area contributed by atoms with Crippen LogP contribution in [0.3, 0.4) is 0 Å². The molecule has 1 fully saturated rings. The first-order valence-corrected chi connectivity index (χ1v) is 5.19. The minimum absolute atomic E-state index is 0.118. The van der Waals surface area contributed by atoms with Gasteiger partial charge in [0.2, 0.25) is 5.91 Å². The largest absolute Gasteiger partial charge is 0.379 e. The van der Waals surface area contributed by atoms with Crippen LogP contribution in [0.2, 0.25) is 0 Å². The fraction of sp³-hybridized carbons (Fsp3) is 0.900. The van der Waals surface area contributed by atoms with Gasteiger partial charge in [0.25, 0.3) is 0 Å². The molecule has 0 aliphatic carbocycles. The lowest BCUT2D eigenvalue weighted by molar-refractivity contribution is -0.141. The average Bonchev–Trinajstić information content (AvgIpc) is 2.50. The highest BCUT2D eigenvalue weighted by Crippen LogP contribution is 2.29. The predicted molar refractivity (Wildman–Crippen MR) is 54.8 cm³/mol. The topological polar surface area (TPSA) is 55.6 Å². The fourth-order valence-corrected chi connectivity index (χ4v) is 1.78. The van der Waals surface area contributed by atoms with E-state index in [4.69, 9.17) is 10.5 Å². The van der Waals surface area contributed by atoms with Gasteiger partial charge in [0, 0.05) is 19.1 Å². The molecule has 0 radical (unpaired) electrons. The van der Waals surface area contributed by atoms with E-state index in [2.05, 4.69) is 0 Å². The maximum Gasteiger partial charge on any atom is 0.232 e.